The van der Waals surface area contributed by atoms with Gasteiger partial charge in [-0.25, -0.2) is 0 Å². The van der Waals surface area contributed by atoms with Crippen LogP contribution in [0.1, 0.15) is 78.6 Å². The Labute approximate surface area is 114 Å². The SMILES string of the molecule is CC(C)C1CCCC(NC2CCCCC2C)CC1. The summed E-state index contributed by atoms with van der Waals surface area (Å²) in [7, 11) is 0. The van der Waals surface area contributed by atoms with Gasteiger partial charge in [0.1, 0.15) is 0 Å². The van der Waals surface area contributed by atoms with Gasteiger partial charge < -0.3 is 5.32 Å². The molecule has 0 heterocycles. The standard InChI is InChI=1S/C17H33N/c1-13(2)15-8-6-9-16(12-11-15)18-17-10-5-4-7-14(17)3/h13-18H,4-12H2,1-3H3. The lowest BCUT2D eigenvalue weighted by atomic mass is 9.85. The Morgan fingerprint density at radius 2 is 1.61 bits per heavy atom. The van der Waals surface area contributed by atoms with E-state index in [1.54, 1.807) is 0 Å². The second-order valence-corrected chi connectivity index (χ2v) is 7.24. The van der Waals surface area contributed by atoms with E-state index in [4.69, 9.17) is 0 Å². The summed E-state index contributed by atoms with van der Waals surface area (Å²) in [4.78, 5) is 0. The quantitative estimate of drug-likeness (QED) is 0.713. The molecule has 0 saturated heterocycles. The lowest BCUT2D eigenvalue weighted by Gasteiger charge is -2.33. The van der Waals surface area contributed by atoms with Crippen molar-refractivity contribution in [1.29, 1.82) is 0 Å². The van der Waals surface area contributed by atoms with Crippen LogP contribution in [0.3, 0.4) is 0 Å². The van der Waals surface area contributed by atoms with Gasteiger partial charge in [-0.15, -0.1) is 0 Å². The number of hydrogen-bond acceptors (Lipinski definition) is 1. The van der Waals surface area contributed by atoms with Crippen molar-refractivity contribution in [1.82, 2.24) is 5.32 Å². The topological polar surface area (TPSA) is 12.0 Å². The minimum Gasteiger partial charge on any atom is -0.311 e. The van der Waals surface area contributed by atoms with Crippen LogP contribution in [0.5, 0.6) is 0 Å². The molecule has 0 bridgehead atoms. The van der Waals surface area contributed by atoms with E-state index in [9.17, 15) is 0 Å². The highest BCUT2D eigenvalue weighted by atomic mass is 15.0. The van der Waals surface area contributed by atoms with Crippen LogP contribution in [0.15, 0.2) is 0 Å². The third-order valence-corrected chi connectivity index (χ3v) is 5.52. The summed E-state index contributed by atoms with van der Waals surface area (Å²) in [5.74, 6) is 2.78. The number of nitrogens with one attached hydrogen (secondary N) is 1. The summed E-state index contributed by atoms with van der Waals surface area (Å²) in [6.45, 7) is 7.26. The van der Waals surface area contributed by atoms with Crippen LogP contribution in [-0.4, -0.2) is 12.1 Å². The van der Waals surface area contributed by atoms with Crippen LogP contribution in [0, 0.1) is 17.8 Å². The maximum atomic E-state index is 4.01. The average Bonchev–Trinajstić information content (AvgIpc) is 2.58. The van der Waals surface area contributed by atoms with Crippen molar-refractivity contribution < 1.29 is 0 Å². The van der Waals surface area contributed by atoms with Gasteiger partial charge in [0.2, 0.25) is 0 Å². The molecule has 4 atom stereocenters. The maximum absolute atomic E-state index is 4.01. The third-order valence-electron chi connectivity index (χ3n) is 5.52. The van der Waals surface area contributed by atoms with Crippen LogP contribution >= 0.6 is 0 Å². The Morgan fingerprint density at radius 3 is 2.33 bits per heavy atom. The van der Waals surface area contributed by atoms with Gasteiger partial charge in [-0.2, -0.15) is 0 Å². The summed E-state index contributed by atoms with van der Waals surface area (Å²) in [6, 6.07) is 1.64. The van der Waals surface area contributed by atoms with Gasteiger partial charge >= 0.3 is 0 Å². The Morgan fingerprint density at radius 1 is 0.833 bits per heavy atom. The maximum Gasteiger partial charge on any atom is 0.00952 e. The molecule has 0 aromatic carbocycles. The van der Waals surface area contributed by atoms with E-state index in [1.165, 1.54) is 57.8 Å². The van der Waals surface area contributed by atoms with E-state index in [0.29, 0.717) is 0 Å². The Balaban J connectivity index is 1.79. The molecule has 0 aromatic heterocycles. The second-order valence-electron chi connectivity index (χ2n) is 7.24. The lowest BCUT2D eigenvalue weighted by molar-refractivity contribution is 0.247. The Bertz CT molecular complexity index is 236. The van der Waals surface area contributed by atoms with Gasteiger partial charge in [-0.3, -0.25) is 0 Å². The van der Waals surface area contributed by atoms with Gasteiger partial charge in [-0.05, 0) is 49.9 Å². The molecule has 2 saturated carbocycles. The monoisotopic (exact) mass is 251 g/mol. The highest BCUT2D eigenvalue weighted by molar-refractivity contribution is 4.84. The molecule has 1 heteroatoms. The summed E-state index contributed by atoms with van der Waals surface area (Å²) >= 11 is 0. The first kappa shape index (κ1) is 14.4. The molecule has 0 amide bonds. The zero-order valence-electron chi connectivity index (χ0n) is 12.8. The fraction of sp³-hybridized carbons (Fsp3) is 1.00. The van der Waals surface area contributed by atoms with E-state index in [-0.39, 0.29) is 0 Å². The van der Waals surface area contributed by atoms with Crippen LogP contribution in [0.2, 0.25) is 0 Å². The molecule has 106 valence electrons. The number of hydrogen-bond donors (Lipinski definition) is 1. The van der Waals surface area contributed by atoms with Crippen LogP contribution < -0.4 is 5.32 Å². The molecule has 2 aliphatic rings. The smallest absolute Gasteiger partial charge is 0.00952 e. The van der Waals surface area contributed by atoms with Crippen molar-refractivity contribution >= 4 is 0 Å². The van der Waals surface area contributed by atoms with Crippen LogP contribution in [0.4, 0.5) is 0 Å². The fourth-order valence-corrected chi connectivity index (χ4v) is 4.03. The van der Waals surface area contributed by atoms with Gasteiger partial charge in [0.25, 0.3) is 0 Å². The predicted molar refractivity (Wildman–Crippen MR) is 79.8 cm³/mol. The summed E-state index contributed by atoms with van der Waals surface area (Å²) < 4.78 is 0. The lowest BCUT2D eigenvalue weighted by Crippen LogP contribution is -2.43. The molecule has 4 unspecified atom stereocenters. The Hall–Kier alpha value is -0.0400. The molecule has 2 fully saturated rings. The van der Waals surface area contributed by atoms with Gasteiger partial charge in [0.05, 0.1) is 0 Å². The van der Waals surface area contributed by atoms with Crippen molar-refractivity contribution in [2.45, 2.75) is 90.6 Å². The van der Waals surface area contributed by atoms with Gasteiger partial charge in [0, 0.05) is 12.1 Å². The first-order chi connectivity index (χ1) is 8.66. The molecular formula is C17H33N. The highest BCUT2D eigenvalue weighted by Gasteiger charge is 2.26. The molecule has 1 N–H and O–H groups in total. The van der Waals surface area contributed by atoms with Crippen LogP contribution in [-0.2, 0) is 0 Å². The molecule has 2 aliphatic carbocycles. The predicted octanol–water partition coefficient (Wildman–Crippen LogP) is 4.76. The van der Waals surface area contributed by atoms with Crippen molar-refractivity contribution in [3.05, 3.63) is 0 Å². The van der Waals surface area contributed by atoms with Gasteiger partial charge in [0.15, 0.2) is 0 Å². The van der Waals surface area contributed by atoms with E-state index in [0.717, 1.165) is 29.8 Å². The summed E-state index contributed by atoms with van der Waals surface area (Å²) in [6.07, 6.45) is 13.0. The zero-order valence-corrected chi connectivity index (χ0v) is 12.8. The van der Waals surface area contributed by atoms with Crippen molar-refractivity contribution in [2.24, 2.45) is 17.8 Å². The third kappa shape index (κ3) is 3.98. The molecular weight excluding hydrogens is 218 g/mol. The largest absolute Gasteiger partial charge is 0.311 e. The summed E-state index contributed by atoms with van der Waals surface area (Å²) in [5.41, 5.74) is 0. The fourth-order valence-electron chi connectivity index (χ4n) is 4.03. The van der Waals surface area contributed by atoms with E-state index in [2.05, 4.69) is 26.1 Å². The summed E-state index contributed by atoms with van der Waals surface area (Å²) in [5, 5.41) is 4.01. The van der Waals surface area contributed by atoms with Crippen molar-refractivity contribution in [3.63, 3.8) is 0 Å². The van der Waals surface area contributed by atoms with Crippen molar-refractivity contribution in [2.75, 3.05) is 0 Å². The van der Waals surface area contributed by atoms with Gasteiger partial charge in [-0.1, -0.05) is 46.5 Å². The first-order valence-electron chi connectivity index (χ1n) is 8.43. The molecule has 18 heavy (non-hydrogen) atoms. The average molecular weight is 251 g/mol. The van der Waals surface area contributed by atoms with E-state index >= 15 is 0 Å². The highest BCUT2D eigenvalue weighted by Crippen LogP contribution is 2.30. The molecule has 0 spiro atoms. The van der Waals surface area contributed by atoms with Crippen molar-refractivity contribution in [3.8, 4) is 0 Å². The molecule has 0 aromatic rings. The minimum atomic E-state index is 0.819. The first-order valence-corrected chi connectivity index (χ1v) is 8.43. The normalized spacial score (nSPS) is 38.7. The molecule has 0 radical (unpaired) electrons. The molecule has 2 rings (SSSR count). The van der Waals surface area contributed by atoms with E-state index in [1.807, 2.05) is 0 Å². The molecule has 1 nitrogen and oxygen atoms in total. The van der Waals surface area contributed by atoms with E-state index < -0.39 is 0 Å². The molecule has 0 aliphatic heterocycles. The zero-order chi connectivity index (χ0) is 13.0. The number of rotatable bonds is 3. The minimum absolute atomic E-state index is 0.819. The van der Waals surface area contributed by atoms with Crippen LogP contribution in [0.25, 0.3) is 0 Å². The second kappa shape index (κ2) is 6.93. The Kier molecular flexibility index (Phi) is 5.54.